The average molecular weight is 256 g/mol. The van der Waals surface area contributed by atoms with Gasteiger partial charge in [0.2, 0.25) is 0 Å². The lowest BCUT2D eigenvalue weighted by Crippen LogP contribution is -2.42. The highest BCUT2D eigenvalue weighted by Crippen LogP contribution is 2.20. The Labute approximate surface area is 104 Å². The second-order valence-corrected chi connectivity index (χ2v) is 4.33. The van der Waals surface area contributed by atoms with Crippen molar-refractivity contribution in [1.29, 1.82) is 0 Å². The van der Waals surface area contributed by atoms with Gasteiger partial charge in [-0.15, -0.1) is 0 Å². The van der Waals surface area contributed by atoms with E-state index in [-0.39, 0.29) is 18.8 Å². The number of imidazole rings is 1. The molecule has 1 unspecified atom stereocenters. The number of aliphatic hydroxyl groups excluding tert-OH is 2. The Balaban J connectivity index is 1.92. The van der Waals surface area contributed by atoms with E-state index in [2.05, 4.69) is 4.98 Å². The van der Waals surface area contributed by atoms with E-state index >= 15 is 0 Å². The average Bonchev–Trinajstić information content (AvgIpc) is 2.90. The maximum atomic E-state index is 10.9. The lowest BCUT2D eigenvalue weighted by molar-refractivity contribution is -0.122. The second kappa shape index (κ2) is 5.47. The largest absolute Gasteiger partial charge is 0.404 e. The molecule has 1 aromatic rings. The van der Waals surface area contributed by atoms with Gasteiger partial charge in [0.25, 0.3) is 0 Å². The molecule has 0 spiro atoms. The van der Waals surface area contributed by atoms with E-state index in [9.17, 15) is 15.0 Å². The van der Waals surface area contributed by atoms with Crippen molar-refractivity contribution in [2.45, 2.75) is 37.8 Å². The van der Waals surface area contributed by atoms with E-state index in [0.717, 1.165) is 0 Å². The third kappa shape index (κ3) is 2.87. The van der Waals surface area contributed by atoms with Crippen LogP contribution in [0.4, 0.5) is 0 Å². The SMILES string of the molecule is CC(=O)CC(O)[C@H]1OC[C@H](On2ccnc2)[C@@H]1O. The van der Waals surface area contributed by atoms with Crippen LogP contribution in [0.2, 0.25) is 0 Å². The predicted octanol–water partition coefficient (Wildman–Crippen LogP) is -1.22. The van der Waals surface area contributed by atoms with Gasteiger partial charge in [-0.05, 0) is 6.92 Å². The van der Waals surface area contributed by atoms with E-state index in [1.807, 2.05) is 0 Å². The fraction of sp³-hybridized carbons (Fsp3) is 0.636. The number of aromatic nitrogens is 2. The first-order valence-corrected chi connectivity index (χ1v) is 5.70. The molecule has 1 fully saturated rings. The fourth-order valence-corrected chi connectivity index (χ4v) is 1.92. The molecule has 1 aliphatic rings. The number of hydrogen-bond donors (Lipinski definition) is 2. The molecule has 0 aromatic carbocycles. The van der Waals surface area contributed by atoms with Crippen LogP contribution in [0.25, 0.3) is 0 Å². The molecule has 4 atom stereocenters. The number of Topliss-reactive ketones (excluding diaryl/α,β-unsaturated/α-hetero) is 1. The smallest absolute Gasteiger partial charge is 0.176 e. The van der Waals surface area contributed by atoms with Crippen LogP contribution in [0.3, 0.4) is 0 Å². The monoisotopic (exact) mass is 256 g/mol. The number of ketones is 1. The molecule has 0 aliphatic carbocycles. The molecule has 2 heterocycles. The van der Waals surface area contributed by atoms with E-state index in [0.29, 0.717) is 0 Å². The summed E-state index contributed by atoms with van der Waals surface area (Å²) in [6.45, 7) is 1.53. The van der Waals surface area contributed by atoms with Gasteiger partial charge in [-0.2, -0.15) is 4.73 Å². The Morgan fingerprint density at radius 2 is 2.50 bits per heavy atom. The zero-order chi connectivity index (χ0) is 13.1. The highest BCUT2D eigenvalue weighted by Gasteiger charge is 2.42. The van der Waals surface area contributed by atoms with Crippen LogP contribution in [0.15, 0.2) is 18.7 Å². The van der Waals surface area contributed by atoms with E-state index in [1.54, 1.807) is 12.4 Å². The van der Waals surface area contributed by atoms with Crippen LogP contribution in [0, 0.1) is 0 Å². The molecule has 0 saturated carbocycles. The number of carbonyl (C=O) groups excluding carboxylic acids is 1. The zero-order valence-electron chi connectivity index (χ0n) is 9.97. The highest BCUT2D eigenvalue weighted by atomic mass is 16.7. The molecule has 1 saturated heterocycles. The van der Waals surface area contributed by atoms with E-state index < -0.39 is 24.4 Å². The standard InChI is InChI=1S/C11H16N2O5/c1-7(14)4-8(15)11-10(16)9(5-17-11)18-13-3-2-12-6-13/h2-3,6,8-11,15-16H,4-5H2,1H3/t8?,9-,10-,11+/m0/s1. The molecular weight excluding hydrogens is 240 g/mol. The predicted molar refractivity (Wildman–Crippen MR) is 59.6 cm³/mol. The molecule has 2 N–H and O–H groups in total. The minimum absolute atomic E-state index is 0.0421. The number of ether oxygens (including phenoxy) is 1. The molecule has 7 heteroatoms. The van der Waals surface area contributed by atoms with Crippen molar-refractivity contribution < 1.29 is 24.6 Å². The molecule has 100 valence electrons. The number of hydrogen-bond acceptors (Lipinski definition) is 6. The summed E-state index contributed by atoms with van der Waals surface area (Å²) in [5.74, 6) is -0.155. The highest BCUT2D eigenvalue weighted by molar-refractivity contribution is 5.76. The van der Waals surface area contributed by atoms with Crippen molar-refractivity contribution in [3.63, 3.8) is 0 Å². The zero-order valence-corrected chi connectivity index (χ0v) is 9.97. The summed E-state index contributed by atoms with van der Waals surface area (Å²) in [6.07, 6.45) is 1.14. The first-order chi connectivity index (χ1) is 8.58. The topological polar surface area (TPSA) is 93.8 Å². The van der Waals surface area contributed by atoms with Crippen molar-refractivity contribution in [3.05, 3.63) is 18.7 Å². The van der Waals surface area contributed by atoms with Crippen molar-refractivity contribution in [2.24, 2.45) is 0 Å². The van der Waals surface area contributed by atoms with Crippen LogP contribution >= 0.6 is 0 Å². The Bertz CT molecular complexity index is 394. The summed E-state index contributed by atoms with van der Waals surface area (Å²) in [5.41, 5.74) is 0. The summed E-state index contributed by atoms with van der Waals surface area (Å²) >= 11 is 0. The molecule has 1 aromatic heterocycles. The van der Waals surface area contributed by atoms with Gasteiger partial charge in [-0.25, -0.2) is 4.98 Å². The Kier molecular flexibility index (Phi) is 3.95. The van der Waals surface area contributed by atoms with Crippen LogP contribution in [0.5, 0.6) is 0 Å². The minimum atomic E-state index is -1.02. The first kappa shape index (κ1) is 13.0. The number of rotatable bonds is 5. The normalized spacial score (nSPS) is 29.2. The van der Waals surface area contributed by atoms with Gasteiger partial charge >= 0.3 is 0 Å². The van der Waals surface area contributed by atoms with Crippen molar-refractivity contribution in [2.75, 3.05) is 6.61 Å². The molecule has 7 nitrogen and oxygen atoms in total. The molecule has 0 amide bonds. The molecule has 18 heavy (non-hydrogen) atoms. The summed E-state index contributed by atoms with van der Waals surface area (Å²) in [6, 6.07) is 0. The van der Waals surface area contributed by atoms with Gasteiger partial charge in [-0.3, -0.25) is 4.79 Å². The fourth-order valence-electron chi connectivity index (χ4n) is 1.92. The maximum Gasteiger partial charge on any atom is 0.176 e. The maximum absolute atomic E-state index is 10.9. The third-order valence-electron chi connectivity index (χ3n) is 2.78. The molecule has 2 rings (SSSR count). The quantitative estimate of drug-likeness (QED) is 0.686. The number of aliphatic hydroxyl groups is 2. The number of carbonyl (C=O) groups is 1. The van der Waals surface area contributed by atoms with Crippen LogP contribution < -0.4 is 4.84 Å². The first-order valence-electron chi connectivity index (χ1n) is 5.70. The van der Waals surface area contributed by atoms with Crippen LogP contribution in [-0.2, 0) is 9.53 Å². The van der Waals surface area contributed by atoms with E-state index in [1.165, 1.54) is 18.0 Å². The van der Waals surface area contributed by atoms with Crippen molar-refractivity contribution in [3.8, 4) is 0 Å². The van der Waals surface area contributed by atoms with Gasteiger partial charge in [0.1, 0.15) is 24.3 Å². The summed E-state index contributed by atoms with van der Waals surface area (Å²) in [4.78, 5) is 20.1. The molecular formula is C11H16N2O5. The Hall–Kier alpha value is -1.44. The molecule has 0 radical (unpaired) electrons. The third-order valence-corrected chi connectivity index (χ3v) is 2.78. The van der Waals surface area contributed by atoms with Gasteiger partial charge in [-0.1, -0.05) is 0 Å². The van der Waals surface area contributed by atoms with Crippen LogP contribution in [-0.4, -0.2) is 56.7 Å². The summed E-state index contributed by atoms with van der Waals surface area (Å²) in [7, 11) is 0. The minimum Gasteiger partial charge on any atom is -0.404 e. The Morgan fingerprint density at radius 3 is 3.11 bits per heavy atom. The van der Waals surface area contributed by atoms with Gasteiger partial charge < -0.3 is 19.8 Å². The molecule has 1 aliphatic heterocycles. The van der Waals surface area contributed by atoms with Crippen molar-refractivity contribution in [1.82, 2.24) is 9.71 Å². The van der Waals surface area contributed by atoms with Gasteiger partial charge in [0, 0.05) is 12.6 Å². The summed E-state index contributed by atoms with van der Waals surface area (Å²) in [5, 5.41) is 19.7. The van der Waals surface area contributed by atoms with E-state index in [4.69, 9.17) is 9.57 Å². The molecule has 0 bridgehead atoms. The van der Waals surface area contributed by atoms with Crippen LogP contribution in [0.1, 0.15) is 13.3 Å². The lowest BCUT2D eigenvalue weighted by Gasteiger charge is -2.21. The second-order valence-electron chi connectivity index (χ2n) is 4.33. The Morgan fingerprint density at radius 1 is 1.72 bits per heavy atom. The van der Waals surface area contributed by atoms with Gasteiger partial charge in [0.05, 0.1) is 18.9 Å². The number of nitrogens with zero attached hydrogens (tertiary/aromatic N) is 2. The summed E-state index contributed by atoms with van der Waals surface area (Å²) < 4.78 is 6.64. The lowest BCUT2D eigenvalue weighted by atomic mass is 10.0. The van der Waals surface area contributed by atoms with Crippen molar-refractivity contribution >= 4 is 5.78 Å². The van der Waals surface area contributed by atoms with Gasteiger partial charge in [0.15, 0.2) is 6.10 Å².